The molecule has 1 aliphatic heterocycles. The van der Waals surface area contributed by atoms with Crippen LogP contribution in [0.25, 0.3) is 0 Å². The van der Waals surface area contributed by atoms with Crippen LogP contribution in [-0.4, -0.2) is 50.3 Å². The van der Waals surface area contributed by atoms with Gasteiger partial charge in [0.15, 0.2) is 0 Å². The monoisotopic (exact) mass is 242 g/mol. The second-order valence-corrected chi connectivity index (χ2v) is 5.77. The van der Waals surface area contributed by atoms with Crippen molar-refractivity contribution in [2.24, 2.45) is 11.8 Å². The van der Waals surface area contributed by atoms with E-state index in [0.717, 1.165) is 38.8 Å². The van der Waals surface area contributed by atoms with Gasteiger partial charge >= 0.3 is 0 Å². The molecule has 0 amide bonds. The van der Waals surface area contributed by atoms with Gasteiger partial charge in [0, 0.05) is 25.7 Å². The number of nitrogens with one attached hydrogen (secondary N) is 1. The Bertz CT molecular complexity index is 189. The third-order valence-corrected chi connectivity index (χ3v) is 3.68. The van der Waals surface area contributed by atoms with Gasteiger partial charge in [-0.2, -0.15) is 0 Å². The molecular weight excluding hydrogens is 212 g/mol. The summed E-state index contributed by atoms with van der Waals surface area (Å²) in [6.07, 6.45) is 1.18. The first-order valence-electron chi connectivity index (χ1n) is 7.13. The van der Waals surface area contributed by atoms with Crippen molar-refractivity contribution in [3.05, 3.63) is 0 Å². The molecule has 102 valence electrons. The van der Waals surface area contributed by atoms with E-state index >= 15 is 0 Å². The maximum atomic E-state index is 5.51. The van der Waals surface area contributed by atoms with Crippen LogP contribution in [0.3, 0.4) is 0 Å². The van der Waals surface area contributed by atoms with Gasteiger partial charge in [0.25, 0.3) is 0 Å². The zero-order chi connectivity index (χ0) is 12.7. The van der Waals surface area contributed by atoms with Crippen molar-refractivity contribution < 1.29 is 4.74 Å². The Morgan fingerprint density at radius 1 is 1.06 bits per heavy atom. The van der Waals surface area contributed by atoms with Crippen LogP contribution >= 0.6 is 0 Å². The number of hydrogen-bond donors (Lipinski definition) is 1. The average Bonchev–Trinajstić information content (AvgIpc) is 2.55. The number of rotatable bonds is 6. The minimum atomic E-state index is 0.649. The van der Waals surface area contributed by atoms with Gasteiger partial charge in [-0.25, -0.2) is 0 Å². The third-order valence-electron chi connectivity index (χ3n) is 3.68. The van der Waals surface area contributed by atoms with Gasteiger partial charge in [0.2, 0.25) is 0 Å². The molecule has 0 aromatic rings. The van der Waals surface area contributed by atoms with E-state index in [0.29, 0.717) is 12.0 Å². The second kappa shape index (κ2) is 8.06. The molecule has 0 spiro atoms. The summed E-state index contributed by atoms with van der Waals surface area (Å²) in [5.74, 6) is 1.44. The van der Waals surface area contributed by atoms with Crippen molar-refractivity contribution in [1.29, 1.82) is 0 Å². The Labute approximate surface area is 107 Å². The standard InChI is InChI=1S/C14H30N2O/c1-12(2)10-15-11-13(3)14(4)16-6-5-8-17-9-7-16/h12-15H,5-11H2,1-4H3. The molecule has 0 aromatic carbocycles. The first-order valence-corrected chi connectivity index (χ1v) is 7.13. The third kappa shape index (κ3) is 5.84. The molecule has 3 nitrogen and oxygen atoms in total. The van der Waals surface area contributed by atoms with Crippen LogP contribution in [0.4, 0.5) is 0 Å². The molecule has 0 aromatic heterocycles. The highest BCUT2D eigenvalue weighted by Gasteiger charge is 2.20. The molecule has 0 radical (unpaired) electrons. The molecule has 2 atom stereocenters. The summed E-state index contributed by atoms with van der Waals surface area (Å²) in [5, 5.41) is 3.56. The van der Waals surface area contributed by atoms with Crippen molar-refractivity contribution in [1.82, 2.24) is 10.2 Å². The van der Waals surface area contributed by atoms with Crippen LogP contribution in [-0.2, 0) is 4.74 Å². The van der Waals surface area contributed by atoms with Crippen LogP contribution in [0, 0.1) is 11.8 Å². The molecule has 2 unspecified atom stereocenters. The van der Waals surface area contributed by atoms with Gasteiger partial charge in [-0.1, -0.05) is 20.8 Å². The predicted molar refractivity (Wildman–Crippen MR) is 73.3 cm³/mol. The summed E-state index contributed by atoms with van der Waals surface area (Å²) >= 11 is 0. The van der Waals surface area contributed by atoms with Crippen molar-refractivity contribution in [3.63, 3.8) is 0 Å². The molecule has 1 saturated heterocycles. The second-order valence-electron chi connectivity index (χ2n) is 5.77. The first kappa shape index (κ1) is 14.9. The molecule has 0 bridgehead atoms. The number of nitrogens with zero attached hydrogens (tertiary/aromatic N) is 1. The molecular formula is C14H30N2O. The van der Waals surface area contributed by atoms with Crippen LogP contribution < -0.4 is 5.32 Å². The lowest BCUT2D eigenvalue weighted by molar-refractivity contribution is 0.122. The van der Waals surface area contributed by atoms with E-state index in [2.05, 4.69) is 37.9 Å². The maximum absolute atomic E-state index is 5.51. The summed E-state index contributed by atoms with van der Waals surface area (Å²) in [4.78, 5) is 2.58. The quantitative estimate of drug-likeness (QED) is 0.771. The van der Waals surface area contributed by atoms with Gasteiger partial charge in [-0.15, -0.1) is 0 Å². The number of ether oxygens (including phenoxy) is 1. The highest BCUT2D eigenvalue weighted by atomic mass is 16.5. The van der Waals surface area contributed by atoms with Crippen molar-refractivity contribution in [2.75, 3.05) is 39.4 Å². The Kier molecular flexibility index (Phi) is 7.09. The molecule has 1 fully saturated rings. The Hall–Kier alpha value is -0.120. The maximum Gasteiger partial charge on any atom is 0.0593 e. The molecule has 1 heterocycles. The van der Waals surface area contributed by atoms with Gasteiger partial charge in [-0.3, -0.25) is 4.90 Å². The summed E-state index contributed by atoms with van der Waals surface area (Å²) in [6, 6.07) is 0.649. The summed E-state index contributed by atoms with van der Waals surface area (Å²) in [7, 11) is 0. The minimum absolute atomic E-state index is 0.649. The highest BCUT2D eigenvalue weighted by Crippen LogP contribution is 2.12. The lowest BCUT2D eigenvalue weighted by Gasteiger charge is -2.32. The molecule has 1 N–H and O–H groups in total. The van der Waals surface area contributed by atoms with E-state index in [-0.39, 0.29) is 0 Å². The van der Waals surface area contributed by atoms with Gasteiger partial charge in [0.05, 0.1) is 6.61 Å². The van der Waals surface area contributed by atoms with Gasteiger partial charge in [-0.05, 0) is 38.3 Å². The summed E-state index contributed by atoms with van der Waals surface area (Å²) in [6.45, 7) is 15.6. The predicted octanol–water partition coefficient (Wildman–Crippen LogP) is 1.98. The zero-order valence-electron chi connectivity index (χ0n) is 12.0. The Morgan fingerprint density at radius 3 is 2.53 bits per heavy atom. The van der Waals surface area contributed by atoms with Gasteiger partial charge in [0.1, 0.15) is 0 Å². The molecule has 1 rings (SSSR count). The zero-order valence-corrected chi connectivity index (χ0v) is 12.0. The highest BCUT2D eigenvalue weighted by molar-refractivity contribution is 4.75. The van der Waals surface area contributed by atoms with Crippen LogP contribution in [0.1, 0.15) is 34.1 Å². The van der Waals surface area contributed by atoms with E-state index in [4.69, 9.17) is 4.74 Å². The fourth-order valence-electron chi connectivity index (χ4n) is 2.30. The molecule has 0 aliphatic carbocycles. The first-order chi connectivity index (χ1) is 8.11. The van der Waals surface area contributed by atoms with Crippen LogP contribution in [0.15, 0.2) is 0 Å². The van der Waals surface area contributed by atoms with Gasteiger partial charge < -0.3 is 10.1 Å². The van der Waals surface area contributed by atoms with Crippen molar-refractivity contribution in [3.8, 4) is 0 Å². The summed E-state index contributed by atoms with van der Waals surface area (Å²) < 4.78 is 5.51. The van der Waals surface area contributed by atoms with E-state index in [1.807, 2.05) is 0 Å². The lowest BCUT2D eigenvalue weighted by Crippen LogP contribution is -2.42. The lowest BCUT2D eigenvalue weighted by atomic mass is 10.0. The summed E-state index contributed by atoms with van der Waals surface area (Å²) in [5.41, 5.74) is 0. The van der Waals surface area contributed by atoms with Crippen LogP contribution in [0.2, 0.25) is 0 Å². The largest absolute Gasteiger partial charge is 0.380 e. The molecule has 17 heavy (non-hydrogen) atoms. The Morgan fingerprint density at radius 2 is 1.82 bits per heavy atom. The van der Waals surface area contributed by atoms with Crippen LogP contribution in [0.5, 0.6) is 0 Å². The fraction of sp³-hybridized carbons (Fsp3) is 1.00. The average molecular weight is 242 g/mol. The van der Waals surface area contributed by atoms with E-state index in [1.165, 1.54) is 13.0 Å². The fourth-order valence-corrected chi connectivity index (χ4v) is 2.30. The smallest absolute Gasteiger partial charge is 0.0593 e. The van der Waals surface area contributed by atoms with Crippen molar-refractivity contribution >= 4 is 0 Å². The van der Waals surface area contributed by atoms with Crippen molar-refractivity contribution in [2.45, 2.75) is 40.2 Å². The molecule has 3 heteroatoms. The topological polar surface area (TPSA) is 24.5 Å². The molecule has 1 aliphatic rings. The Balaban J connectivity index is 2.26. The minimum Gasteiger partial charge on any atom is -0.380 e. The molecule has 0 saturated carbocycles. The normalized spacial score (nSPS) is 22.4. The SMILES string of the molecule is CC(C)CNCC(C)C(C)N1CCCOCC1. The van der Waals surface area contributed by atoms with E-state index < -0.39 is 0 Å². The number of hydrogen-bond acceptors (Lipinski definition) is 3. The van der Waals surface area contributed by atoms with E-state index in [9.17, 15) is 0 Å². The van der Waals surface area contributed by atoms with E-state index in [1.54, 1.807) is 0 Å².